The highest BCUT2D eigenvalue weighted by atomic mass is 16.5. The lowest BCUT2D eigenvalue weighted by Gasteiger charge is -2.32. The van der Waals surface area contributed by atoms with Crippen LogP contribution in [0, 0.1) is 0 Å². The van der Waals surface area contributed by atoms with Crippen LogP contribution >= 0.6 is 0 Å². The monoisotopic (exact) mass is 464 g/mol. The van der Waals surface area contributed by atoms with Crippen LogP contribution in [0.2, 0.25) is 0 Å². The van der Waals surface area contributed by atoms with E-state index < -0.39 is 6.10 Å². The maximum absolute atomic E-state index is 12.5. The maximum Gasteiger partial charge on any atom is 0.268 e. The smallest absolute Gasteiger partial charge is 0.268 e. The summed E-state index contributed by atoms with van der Waals surface area (Å²) in [5.41, 5.74) is 1.49. The molecule has 9 heteroatoms. The number of para-hydroxylation sites is 2. The molecule has 4 rings (SSSR count). The van der Waals surface area contributed by atoms with E-state index in [1.807, 2.05) is 36.4 Å². The number of unbranched alkanes of at least 4 members (excludes halogenated alkanes) is 2. The van der Waals surface area contributed by atoms with Crippen molar-refractivity contribution in [3.05, 3.63) is 54.4 Å². The van der Waals surface area contributed by atoms with Gasteiger partial charge in [0.2, 0.25) is 17.6 Å². The SMILES string of the molecule is COc1ccc(-c2noc(CCCCCNC(=O)CN3C(=O)C(C)Oc4ccccc43)n2)cc1. The van der Waals surface area contributed by atoms with Gasteiger partial charge in [-0.3, -0.25) is 14.5 Å². The average molecular weight is 465 g/mol. The summed E-state index contributed by atoms with van der Waals surface area (Å²) in [7, 11) is 1.62. The zero-order valence-electron chi connectivity index (χ0n) is 19.3. The van der Waals surface area contributed by atoms with Crippen LogP contribution in [0.3, 0.4) is 0 Å². The van der Waals surface area contributed by atoms with Crippen molar-refractivity contribution in [3.8, 4) is 22.9 Å². The Bertz CT molecular complexity index is 1130. The van der Waals surface area contributed by atoms with Crippen molar-refractivity contribution in [2.75, 3.05) is 25.1 Å². The van der Waals surface area contributed by atoms with Gasteiger partial charge in [0.05, 0.1) is 12.8 Å². The Morgan fingerprint density at radius 2 is 1.91 bits per heavy atom. The number of nitrogens with zero attached hydrogens (tertiary/aromatic N) is 3. The number of amides is 2. The highest BCUT2D eigenvalue weighted by Crippen LogP contribution is 2.33. The first-order valence-corrected chi connectivity index (χ1v) is 11.4. The van der Waals surface area contributed by atoms with Crippen LogP contribution in [0.25, 0.3) is 11.4 Å². The van der Waals surface area contributed by atoms with Gasteiger partial charge in [-0.25, -0.2) is 0 Å². The first-order valence-electron chi connectivity index (χ1n) is 11.4. The van der Waals surface area contributed by atoms with Gasteiger partial charge in [-0.05, 0) is 56.2 Å². The van der Waals surface area contributed by atoms with Crippen molar-refractivity contribution >= 4 is 17.5 Å². The van der Waals surface area contributed by atoms with Gasteiger partial charge in [-0.2, -0.15) is 4.98 Å². The number of anilines is 1. The van der Waals surface area contributed by atoms with Gasteiger partial charge >= 0.3 is 0 Å². The number of rotatable bonds is 10. The molecule has 178 valence electrons. The standard InChI is InChI=1S/C25H28N4O5/c1-17-25(31)29(20-8-5-6-9-21(20)33-17)16-22(30)26-15-7-3-4-10-23-27-24(28-34-23)18-11-13-19(32-2)14-12-18/h5-6,8-9,11-14,17H,3-4,7,10,15-16H2,1-2H3,(H,26,30). The Labute approximate surface area is 198 Å². The largest absolute Gasteiger partial charge is 0.497 e. The molecule has 34 heavy (non-hydrogen) atoms. The molecule has 0 fully saturated rings. The number of nitrogens with one attached hydrogen (secondary N) is 1. The summed E-state index contributed by atoms with van der Waals surface area (Å²) in [6, 6.07) is 14.7. The number of carbonyl (C=O) groups is 2. The molecule has 3 aromatic rings. The molecule has 1 aliphatic rings. The fraction of sp³-hybridized carbons (Fsp3) is 0.360. The molecule has 2 amide bonds. The summed E-state index contributed by atoms with van der Waals surface area (Å²) in [6.07, 6.45) is 2.64. The number of aryl methyl sites for hydroxylation is 1. The average Bonchev–Trinajstić information content (AvgIpc) is 3.33. The minimum atomic E-state index is -0.613. The Kier molecular flexibility index (Phi) is 7.41. The molecule has 1 aromatic heterocycles. The van der Waals surface area contributed by atoms with Crippen LogP contribution < -0.4 is 19.7 Å². The van der Waals surface area contributed by atoms with Crippen LogP contribution in [0.4, 0.5) is 5.69 Å². The molecule has 1 unspecified atom stereocenters. The van der Waals surface area contributed by atoms with Crippen molar-refractivity contribution in [2.45, 2.75) is 38.7 Å². The zero-order valence-corrected chi connectivity index (χ0v) is 19.3. The number of ether oxygens (including phenoxy) is 2. The second-order valence-electron chi connectivity index (χ2n) is 8.05. The van der Waals surface area contributed by atoms with Crippen molar-refractivity contribution in [1.29, 1.82) is 0 Å². The van der Waals surface area contributed by atoms with E-state index in [0.717, 1.165) is 30.6 Å². The Balaban J connectivity index is 1.17. The van der Waals surface area contributed by atoms with E-state index in [1.165, 1.54) is 4.90 Å². The summed E-state index contributed by atoms with van der Waals surface area (Å²) in [5, 5.41) is 6.93. The van der Waals surface area contributed by atoms with Crippen LogP contribution in [-0.4, -0.2) is 48.3 Å². The third kappa shape index (κ3) is 5.54. The molecule has 1 atom stereocenters. The summed E-state index contributed by atoms with van der Waals surface area (Å²) in [6.45, 7) is 2.20. The number of hydrogen-bond donors (Lipinski definition) is 1. The molecule has 9 nitrogen and oxygen atoms in total. The van der Waals surface area contributed by atoms with Gasteiger partial charge in [0.25, 0.3) is 5.91 Å². The second-order valence-corrected chi connectivity index (χ2v) is 8.05. The summed E-state index contributed by atoms with van der Waals surface area (Å²) < 4.78 is 16.1. The predicted octanol–water partition coefficient (Wildman–Crippen LogP) is 3.39. The number of fused-ring (bicyclic) bond motifs is 1. The lowest BCUT2D eigenvalue weighted by molar-refractivity contribution is -0.128. The van der Waals surface area contributed by atoms with Gasteiger partial charge in [-0.1, -0.05) is 23.7 Å². The number of benzene rings is 2. The third-order valence-electron chi connectivity index (χ3n) is 5.58. The number of aromatic nitrogens is 2. The van der Waals surface area contributed by atoms with Crippen molar-refractivity contribution < 1.29 is 23.6 Å². The highest BCUT2D eigenvalue weighted by Gasteiger charge is 2.32. The van der Waals surface area contributed by atoms with Gasteiger partial charge in [-0.15, -0.1) is 0 Å². The predicted molar refractivity (Wildman–Crippen MR) is 126 cm³/mol. The molecule has 1 aliphatic heterocycles. The normalized spacial score (nSPS) is 14.9. The van der Waals surface area contributed by atoms with Crippen molar-refractivity contribution in [2.24, 2.45) is 0 Å². The van der Waals surface area contributed by atoms with Crippen LogP contribution in [0.1, 0.15) is 32.1 Å². The summed E-state index contributed by atoms with van der Waals surface area (Å²) >= 11 is 0. The molecular weight excluding hydrogens is 436 g/mol. The van der Waals surface area contributed by atoms with E-state index in [2.05, 4.69) is 15.5 Å². The van der Waals surface area contributed by atoms with E-state index in [9.17, 15) is 9.59 Å². The van der Waals surface area contributed by atoms with Crippen LogP contribution in [-0.2, 0) is 16.0 Å². The summed E-state index contributed by atoms with van der Waals surface area (Å²) in [5.74, 6) is 2.11. The first-order chi connectivity index (χ1) is 16.5. The van der Waals surface area contributed by atoms with Crippen molar-refractivity contribution in [3.63, 3.8) is 0 Å². The van der Waals surface area contributed by atoms with Gasteiger partial charge in [0.15, 0.2) is 6.10 Å². The van der Waals surface area contributed by atoms with E-state index in [0.29, 0.717) is 36.1 Å². The minimum Gasteiger partial charge on any atom is -0.497 e. The fourth-order valence-electron chi connectivity index (χ4n) is 3.74. The lowest BCUT2D eigenvalue weighted by Crippen LogP contribution is -2.48. The molecule has 2 aromatic carbocycles. The van der Waals surface area contributed by atoms with Crippen LogP contribution in [0.15, 0.2) is 53.1 Å². The molecule has 0 radical (unpaired) electrons. The number of carbonyl (C=O) groups excluding carboxylic acids is 2. The molecule has 2 heterocycles. The van der Waals surface area contributed by atoms with E-state index in [1.54, 1.807) is 26.2 Å². The topological polar surface area (TPSA) is 107 Å². The zero-order chi connectivity index (χ0) is 23.9. The van der Waals surface area contributed by atoms with Crippen molar-refractivity contribution in [1.82, 2.24) is 15.5 Å². The fourth-order valence-corrected chi connectivity index (χ4v) is 3.74. The van der Waals surface area contributed by atoms with Gasteiger partial charge in [0.1, 0.15) is 18.0 Å². The maximum atomic E-state index is 12.5. The third-order valence-corrected chi connectivity index (χ3v) is 5.58. The lowest BCUT2D eigenvalue weighted by atomic mass is 10.2. The molecule has 0 aliphatic carbocycles. The molecule has 0 spiro atoms. The minimum absolute atomic E-state index is 0.0281. The number of hydrogen-bond acceptors (Lipinski definition) is 7. The Morgan fingerprint density at radius 3 is 2.71 bits per heavy atom. The highest BCUT2D eigenvalue weighted by molar-refractivity contribution is 6.03. The van der Waals surface area contributed by atoms with E-state index in [-0.39, 0.29) is 18.4 Å². The van der Waals surface area contributed by atoms with Gasteiger partial charge in [0, 0.05) is 18.5 Å². The summed E-state index contributed by atoms with van der Waals surface area (Å²) in [4.78, 5) is 30.8. The first kappa shape index (κ1) is 23.3. The molecular formula is C25H28N4O5. The molecule has 0 bridgehead atoms. The van der Waals surface area contributed by atoms with E-state index >= 15 is 0 Å². The molecule has 0 saturated heterocycles. The quantitative estimate of drug-likeness (QED) is 0.458. The van der Waals surface area contributed by atoms with Gasteiger partial charge < -0.3 is 19.3 Å². The molecule has 0 saturated carbocycles. The Hall–Kier alpha value is -3.88. The molecule has 1 N–H and O–H groups in total. The second kappa shape index (κ2) is 10.8. The van der Waals surface area contributed by atoms with E-state index in [4.69, 9.17) is 14.0 Å². The Morgan fingerprint density at radius 1 is 1.12 bits per heavy atom. The van der Waals surface area contributed by atoms with Crippen LogP contribution in [0.5, 0.6) is 11.5 Å². The number of methoxy groups -OCH3 is 1.